The predicted octanol–water partition coefficient (Wildman–Crippen LogP) is 3.72. The highest BCUT2D eigenvalue weighted by Gasteiger charge is 2.35. The summed E-state index contributed by atoms with van der Waals surface area (Å²) < 4.78 is 62.0. The van der Waals surface area contributed by atoms with Gasteiger partial charge in [-0.15, -0.1) is 0 Å². The molecule has 0 spiro atoms. The summed E-state index contributed by atoms with van der Waals surface area (Å²) in [6.45, 7) is 0. The number of halogens is 4. The molecule has 24 heavy (non-hydrogen) atoms. The van der Waals surface area contributed by atoms with E-state index in [9.17, 15) is 26.4 Å². The molecule has 0 amide bonds. The molecule has 1 aliphatic rings. The SMILES string of the molecule is CS(=O)(=O)c1cc(C(F)(F)F)ccc1C(=O)C(C#N)=C(Cl)C1CC1. The van der Waals surface area contributed by atoms with Crippen LogP contribution in [0.4, 0.5) is 13.2 Å². The number of benzene rings is 1. The van der Waals surface area contributed by atoms with Gasteiger partial charge in [0.1, 0.15) is 11.6 Å². The Hall–Kier alpha value is -1.85. The van der Waals surface area contributed by atoms with Gasteiger partial charge in [0.2, 0.25) is 5.78 Å². The Morgan fingerprint density at radius 1 is 1.33 bits per heavy atom. The lowest BCUT2D eigenvalue weighted by Crippen LogP contribution is -2.14. The van der Waals surface area contributed by atoms with Crippen LogP contribution in [0.3, 0.4) is 0 Å². The van der Waals surface area contributed by atoms with Crippen LogP contribution in [0.25, 0.3) is 0 Å². The minimum atomic E-state index is -4.76. The van der Waals surface area contributed by atoms with Crippen LogP contribution in [0.15, 0.2) is 33.7 Å². The van der Waals surface area contributed by atoms with E-state index < -0.39 is 43.4 Å². The van der Waals surface area contributed by atoms with E-state index >= 15 is 0 Å². The van der Waals surface area contributed by atoms with Gasteiger partial charge in [0, 0.05) is 16.9 Å². The average Bonchev–Trinajstić information content (AvgIpc) is 3.29. The maximum absolute atomic E-state index is 12.8. The van der Waals surface area contributed by atoms with Crippen molar-refractivity contribution in [3.63, 3.8) is 0 Å². The standard InChI is InChI=1S/C15H11ClF3NO3S/c1-24(22,23)12-6-9(15(17,18)19)4-5-10(12)14(21)11(7-20)13(16)8-2-3-8/h4-6,8H,2-3H2,1H3. The van der Waals surface area contributed by atoms with Crippen molar-refractivity contribution < 1.29 is 26.4 Å². The summed E-state index contributed by atoms with van der Waals surface area (Å²) in [5, 5.41) is 9.16. The van der Waals surface area contributed by atoms with Gasteiger partial charge in [-0.25, -0.2) is 8.42 Å². The van der Waals surface area contributed by atoms with E-state index in [0.29, 0.717) is 31.2 Å². The number of alkyl halides is 3. The van der Waals surface area contributed by atoms with E-state index in [1.165, 1.54) is 0 Å². The molecule has 1 aliphatic carbocycles. The number of Topliss-reactive ketones (excluding diaryl/α,β-unsaturated/α-hetero) is 1. The zero-order valence-electron chi connectivity index (χ0n) is 12.3. The van der Waals surface area contributed by atoms with Gasteiger partial charge in [-0.05, 0) is 37.0 Å². The first-order valence-corrected chi connectivity index (χ1v) is 8.99. The lowest BCUT2D eigenvalue weighted by molar-refractivity contribution is -0.137. The van der Waals surface area contributed by atoms with Crippen LogP contribution in [-0.2, 0) is 16.0 Å². The molecule has 1 saturated carbocycles. The van der Waals surface area contributed by atoms with Crippen molar-refractivity contribution in [3.8, 4) is 6.07 Å². The van der Waals surface area contributed by atoms with E-state index in [1.54, 1.807) is 6.07 Å². The molecule has 9 heteroatoms. The van der Waals surface area contributed by atoms with Gasteiger partial charge in [0.15, 0.2) is 9.84 Å². The monoisotopic (exact) mass is 377 g/mol. The molecular formula is C15H11ClF3NO3S. The van der Waals surface area contributed by atoms with E-state index in [-0.39, 0.29) is 11.0 Å². The van der Waals surface area contributed by atoms with Crippen LogP contribution in [0.2, 0.25) is 0 Å². The fraction of sp³-hybridized carbons (Fsp3) is 0.333. The molecular weight excluding hydrogens is 367 g/mol. The molecule has 1 aromatic carbocycles. The Bertz CT molecular complexity index is 878. The summed E-state index contributed by atoms with van der Waals surface area (Å²) in [7, 11) is -4.13. The smallest absolute Gasteiger partial charge is 0.288 e. The average molecular weight is 378 g/mol. The largest absolute Gasteiger partial charge is 0.416 e. The van der Waals surface area contributed by atoms with E-state index in [2.05, 4.69) is 0 Å². The Kier molecular flexibility index (Phi) is 4.79. The van der Waals surface area contributed by atoms with Crippen molar-refractivity contribution >= 4 is 27.2 Å². The Balaban J connectivity index is 2.64. The fourth-order valence-corrected chi connectivity index (χ4v) is 3.33. The highest BCUT2D eigenvalue weighted by atomic mass is 35.5. The molecule has 4 nitrogen and oxygen atoms in total. The molecule has 0 unspecified atom stereocenters. The third-order valence-electron chi connectivity index (χ3n) is 3.47. The molecule has 1 aromatic rings. The molecule has 0 N–H and O–H groups in total. The second kappa shape index (κ2) is 6.22. The Labute approximate surface area is 141 Å². The van der Waals surface area contributed by atoms with Crippen molar-refractivity contribution in [2.24, 2.45) is 5.92 Å². The zero-order valence-corrected chi connectivity index (χ0v) is 13.9. The number of nitrogens with zero attached hydrogens (tertiary/aromatic N) is 1. The van der Waals surface area contributed by atoms with Gasteiger partial charge < -0.3 is 0 Å². The number of sulfone groups is 1. The summed E-state index contributed by atoms with van der Waals surface area (Å²) in [6.07, 6.45) is -2.68. The van der Waals surface area contributed by atoms with Crippen molar-refractivity contribution in [2.75, 3.05) is 6.26 Å². The van der Waals surface area contributed by atoms with Crippen LogP contribution in [-0.4, -0.2) is 20.5 Å². The lowest BCUT2D eigenvalue weighted by atomic mass is 10.0. The molecule has 0 heterocycles. The number of ketones is 1. The van der Waals surface area contributed by atoms with Gasteiger partial charge in [0.25, 0.3) is 0 Å². The van der Waals surface area contributed by atoms with Crippen molar-refractivity contribution in [1.29, 1.82) is 5.26 Å². The summed E-state index contributed by atoms with van der Waals surface area (Å²) in [5.41, 5.74) is -2.14. The number of rotatable bonds is 4. The third-order valence-corrected chi connectivity index (χ3v) is 5.10. The third kappa shape index (κ3) is 3.79. The topological polar surface area (TPSA) is 75.0 Å². The van der Waals surface area contributed by atoms with Gasteiger partial charge in [0.05, 0.1) is 10.5 Å². The predicted molar refractivity (Wildman–Crippen MR) is 80.1 cm³/mol. The molecule has 0 aliphatic heterocycles. The van der Waals surface area contributed by atoms with E-state index in [1.807, 2.05) is 0 Å². The van der Waals surface area contributed by atoms with Crippen molar-refractivity contribution in [2.45, 2.75) is 23.9 Å². The van der Waals surface area contributed by atoms with Gasteiger partial charge in [-0.3, -0.25) is 4.79 Å². The van der Waals surface area contributed by atoms with Crippen molar-refractivity contribution in [1.82, 2.24) is 0 Å². The molecule has 2 rings (SSSR count). The number of nitriles is 1. The molecule has 128 valence electrons. The minimum absolute atomic E-state index is 0.0156. The summed E-state index contributed by atoms with van der Waals surface area (Å²) >= 11 is 5.97. The highest BCUT2D eigenvalue weighted by Crippen LogP contribution is 2.41. The van der Waals surface area contributed by atoms with Crippen LogP contribution >= 0.6 is 11.6 Å². The van der Waals surface area contributed by atoms with Gasteiger partial charge >= 0.3 is 6.18 Å². The quantitative estimate of drug-likeness (QED) is 0.455. The highest BCUT2D eigenvalue weighted by molar-refractivity contribution is 7.90. The Morgan fingerprint density at radius 3 is 2.33 bits per heavy atom. The second-order valence-corrected chi connectivity index (χ2v) is 7.81. The number of hydrogen-bond acceptors (Lipinski definition) is 4. The molecule has 0 atom stereocenters. The lowest BCUT2D eigenvalue weighted by Gasteiger charge is -2.12. The van der Waals surface area contributed by atoms with Crippen molar-refractivity contribution in [3.05, 3.63) is 39.9 Å². The molecule has 0 radical (unpaired) electrons. The summed E-state index contributed by atoms with van der Waals surface area (Å²) in [6, 6.07) is 3.38. The normalized spacial score (nSPS) is 16.3. The second-order valence-electron chi connectivity index (χ2n) is 5.42. The first-order valence-electron chi connectivity index (χ1n) is 6.72. The van der Waals surface area contributed by atoms with Crippen LogP contribution < -0.4 is 0 Å². The van der Waals surface area contributed by atoms with E-state index in [4.69, 9.17) is 16.9 Å². The fourth-order valence-electron chi connectivity index (χ4n) is 2.08. The minimum Gasteiger partial charge on any atom is -0.288 e. The molecule has 0 bridgehead atoms. The Morgan fingerprint density at radius 2 is 1.92 bits per heavy atom. The van der Waals surface area contributed by atoms with Crippen LogP contribution in [0.5, 0.6) is 0 Å². The summed E-state index contributed by atoms with van der Waals surface area (Å²) in [4.78, 5) is 11.7. The zero-order chi connectivity index (χ0) is 18.3. The first-order chi connectivity index (χ1) is 11.0. The molecule has 0 aromatic heterocycles. The molecule has 1 fully saturated rings. The maximum Gasteiger partial charge on any atom is 0.416 e. The van der Waals surface area contributed by atoms with E-state index in [0.717, 1.165) is 6.07 Å². The van der Waals surface area contributed by atoms with Gasteiger partial charge in [-0.2, -0.15) is 18.4 Å². The first kappa shape index (κ1) is 18.5. The summed E-state index contributed by atoms with van der Waals surface area (Å²) in [5.74, 6) is -1.13. The molecule has 0 saturated heterocycles. The van der Waals surface area contributed by atoms with Crippen LogP contribution in [0.1, 0.15) is 28.8 Å². The van der Waals surface area contributed by atoms with Crippen LogP contribution in [0, 0.1) is 17.2 Å². The maximum atomic E-state index is 12.8. The number of hydrogen-bond donors (Lipinski definition) is 0. The number of allylic oxidation sites excluding steroid dienone is 2. The number of carbonyl (C=O) groups is 1. The number of carbonyl (C=O) groups excluding carboxylic acids is 1. The van der Waals surface area contributed by atoms with Gasteiger partial charge in [-0.1, -0.05) is 11.6 Å².